The fourth-order valence-electron chi connectivity index (χ4n) is 2.59. The first-order chi connectivity index (χ1) is 9.02. The first kappa shape index (κ1) is 12.6. The quantitative estimate of drug-likeness (QED) is 0.567. The zero-order valence-corrected chi connectivity index (χ0v) is 12.3. The van der Waals surface area contributed by atoms with Gasteiger partial charge in [-0.05, 0) is 12.0 Å². The van der Waals surface area contributed by atoms with Crippen molar-refractivity contribution in [1.82, 2.24) is 0 Å². The average molecular weight is 366 g/mol. The zero-order valence-electron chi connectivity index (χ0n) is 10.2. The molecular formula is C15H11IO3. The number of Topliss-reactive ketones (excluding diaryl/α,β-unsaturated/α-hetero) is 2. The molecule has 0 fully saturated rings. The summed E-state index contributed by atoms with van der Waals surface area (Å²) in [5.41, 5.74) is 1.44. The molecule has 0 aliphatic heterocycles. The number of allylic oxidation sites excluding steroid dienone is 3. The molecule has 0 amide bonds. The molecule has 0 spiro atoms. The van der Waals surface area contributed by atoms with Gasteiger partial charge in [-0.3, -0.25) is 9.59 Å². The second-order valence-electron chi connectivity index (χ2n) is 4.81. The predicted octanol–water partition coefficient (Wildman–Crippen LogP) is 3.26. The molecular weight excluding hydrogens is 355 g/mol. The van der Waals surface area contributed by atoms with E-state index in [2.05, 4.69) is 22.6 Å². The molecule has 2 unspecified atom stereocenters. The van der Waals surface area contributed by atoms with Crippen LogP contribution in [0.3, 0.4) is 0 Å². The molecule has 3 rings (SSSR count). The summed E-state index contributed by atoms with van der Waals surface area (Å²) in [4.78, 5) is 25.0. The van der Waals surface area contributed by atoms with E-state index >= 15 is 0 Å². The Hall–Kier alpha value is -1.43. The number of alkyl halides is 1. The molecule has 0 saturated carbocycles. The highest BCUT2D eigenvalue weighted by Crippen LogP contribution is 2.40. The maximum Gasteiger partial charge on any atom is 0.197 e. The molecule has 0 bridgehead atoms. The number of aliphatic hydroxyl groups is 1. The van der Waals surface area contributed by atoms with E-state index in [1.165, 1.54) is 0 Å². The van der Waals surface area contributed by atoms with Gasteiger partial charge in [0, 0.05) is 20.6 Å². The van der Waals surface area contributed by atoms with Gasteiger partial charge in [-0.25, -0.2) is 0 Å². The van der Waals surface area contributed by atoms with Crippen molar-refractivity contribution in [1.29, 1.82) is 0 Å². The van der Waals surface area contributed by atoms with Crippen molar-refractivity contribution >= 4 is 34.2 Å². The molecule has 3 nitrogen and oxygen atoms in total. The number of carbonyl (C=O) groups is 2. The third kappa shape index (κ3) is 1.69. The van der Waals surface area contributed by atoms with Gasteiger partial charge in [0.1, 0.15) is 5.76 Å². The Morgan fingerprint density at radius 2 is 1.68 bits per heavy atom. The molecule has 4 heteroatoms. The van der Waals surface area contributed by atoms with Crippen LogP contribution >= 0.6 is 22.6 Å². The van der Waals surface area contributed by atoms with Crippen LogP contribution < -0.4 is 0 Å². The highest BCUT2D eigenvalue weighted by Gasteiger charge is 2.40. The third-order valence-corrected chi connectivity index (χ3v) is 5.33. The highest BCUT2D eigenvalue weighted by molar-refractivity contribution is 14.1. The monoisotopic (exact) mass is 366 g/mol. The Bertz CT molecular complexity index is 670. The number of hydrogen-bond acceptors (Lipinski definition) is 3. The van der Waals surface area contributed by atoms with Crippen LogP contribution in [0.1, 0.15) is 27.6 Å². The lowest BCUT2D eigenvalue weighted by Gasteiger charge is -2.29. The van der Waals surface area contributed by atoms with E-state index in [-0.39, 0.29) is 32.7 Å². The summed E-state index contributed by atoms with van der Waals surface area (Å²) in [5.74, 6) is -0.437. The zero-order chi connectivity index (χ0) is 13.7. The molecule has 96 valence electrons. The van der Waals surface area contributed by atoms with E-state index in [0.717, 1.165) is 0 Å². The summed E-state index contributed by atoms with van der Waals surface area (Å²) in [6.07, 6.45) is 1.65. The van der Waals surface area contributed by atoms with Crippen molar-refractivity contribution < 1.29 is 14.7 Å². The number of fused-ring (bicyclic) bond motifs is 1. The number of benzene rings is 1. The number of ketones is 2. The van der Waals surface area contributed by atoms with Crippen LogP contribution in [0.5, 0.6) is 0 Å². The Morgan fingerprint density at radius 1 is 1.11 bits per heavy atom. The number of carbonyl (C=O) groups excluding carboxylic acids is 2. The van der Waals surface area contributed by atoms with E-state index in [0.29, 0.717) is 16.7 Å². The van der Waals surface area contributed by atoms with Crippen molar-refractivity contribution in [3.05, 3.63) is 58.4 Å². The molecule has 1 aromatic rings. The molecule has 0 aromatic heterocycles. The van der Waals surface area contributed by atoms with Crippen LogP contribution in [0.2, 0.25) is 0 Å². The van der Waals surface area contributed by atoms with Crippen LogP contribution in [-0.2, 0) is 0 Å². The van der Waals surface area contributed by atoms with Gasteiger partial charge in [0.15, 0.2) is 11.6 Å². The van der Waals surface area contributed by atoms with Crippen LogP contribution in [0.25, 0.3) is 0 Å². The number of hydrogen-bond donors (Lipinski definition) is 1. The summed E-state index contributed by atoms with van der Waals surface area (Å²) in [6, 6.07) is 6.78. The summed E-state index contributed by atoms with van der Waals surface area (Å²) in [7, 11) is 0. The number of halogens is 1. The second kappa shape index (κ2) is 4.30. The highest BCUT2D eigenvalue weighted by atomic mass is 127. The van der Waals surface area contributed by atoms with Gasteiger partial charge >= 0.3 is 0 Å². The van der Waals surface area contributed by atoms with E-state index in [1.807, 2.05) is 6.92 Å². The minimum absolute atomic E-state index is 0.0290. The summed E-state index contributed by atoms with van der Waals surface area (Å²) < 4.78 is -0.0895. The van der Waals surface area contributed by atoms with Crippen LogP contribution in [0, 0.1) is 5.92 Å². The van der Waals surface area contributed by atoms with E-state index in [9.17, 15) is 14.7 Å². The molecule has 1 N–H and O–H groups in total. The Balaban J connectivity index is 2.28. The normalized spacial score (nSPS) is 25.9. The minimum atomic E-state index is -0.257. The fourth-order valence-corrected chi connectivity index (χ4v) is 3.39. The molecule has 2 aliphatic rings. The fraction of sp³-hybridized carbons (Fsp3) is 0.200. The van der Waals surface area contributed by atoms with Crippen molar-refractivity contribution in [3.8, 4) is 0 Å². The largest absolute Gasteiger partial charge is 0.507 e. The van der Waals surface area contributed by atoms with Crippen molar-refractivity contribution in [2.75, 3.05) is 0 Å². The van der Waals surface area contributed by atoms with Crippen LogP contribution in [0.15, 0.2) is 47.2 Å². The first-order valence-electron chi connectivity index (χ1n) is 6.00. The maximum atomic E-state index is 12.5. The molecule has 0 radical (unpaired) electrons. The number of rotatable bonds is 0. The van der Waals surface area contributed by atoms with Gasteiger partial charge in [0.05, 0.1) is 5.57 Å². The Kier molecular flexibility index (Phi) is 2.85. The van der Waals surface area contributed by atoms with Crippen molar-refractivity contribution in [2.24, 2.45) is 5.92 Å². The maximum absolute atomic E-state index is 12.5. The van der Waals surface area contributed by atoms with E-state index in [4.69, 9.17) is 0 Å². The van der Waals surface area contributed by atoms with Gasteiger partial charge < -0.3 is 5.11 Å². The standard InChI is InChI=1S/C15H11IO3/c1-7-6-10(17)11-12(13(7)16)15(19)9-5-3-2-4-8(9)14(11)18/h2-7,13,17H,1H3. The van der Waals surface area contributed by atoms with Gasteiger partial charge in [-0.15, -0.1) is 0 Å². The first-order valence-corrected chi connectivity index (χ1v) is 7.24. The average Bonchev–Trinajstić information content (AvgIpc) is 2.40. The molecule has 0 saturated heterocycles. The molecule has 2 atom stereocenters. The van der Waals surface area contributed by atoms with Crippen LogP contribution in [0.4, 0.5) is 0 Å². The molecule has 19 heavy (non-hydrogen) atoms. The smallest absolute Gasteiger partial charge is 0.197 e. The third-order valence-electron chi connectivity index (χ3n) is 3.57. The Labute approximate surface area is 124 Å². The van der Waals surface area contributed by atoms with E-state index < -0.39 is 0 Å². The lowest BCUT2D eigenvalue weighted by molar-refractivity contribution is 0.0966. The van der Waals surface area contributed by atoms with Crippen LogP contribution in [-0.4, -0.2) is 20.6 Å². The predicted molar refractivity (Wildman–Crippen MR) is 79.8 cm³/mol. The lowest BCUT2D eigenvalue weighted by atomic mass is 9.77. The minimum Gasteiger partial charge on any atom is -0.507 e. The number of aliphatic hydroxyl groups excluding tert-OH is 1. The molecule has 2 aliphatic carbocycles. The summed E-state index contributed by atoms with van der Waals surface area (Å²) >= 11 is 2.16. The summed E-state index contributed by atoms with van der Waals surface area (Å²) in [5, 5.41) is 10.0. The van der Waals surface area contributed by atoms with Crippen molar-refractivity contribution in [3.63, 3.8) is 0 Å². The SMILES string of the molecule is CC1C=C(O)C2=C(C(=O)c3ccccc3C2=O)C1I. The second-order valence-corrected chi connectivity index (χ2v) is 6.15. The van der Waals surface area contributed by atoms with Gasteiger partial charge in [-0.2, -0.15) is 0 Å². The van der Waals surface area contributed by atoms with Gasteiger partial charge in [-0.1, -0.05) is 53.8 Å². The van der Waals surface area contributed by atoms with Crippen molar-refractivity contribution in [2.45, 2.75) is 10.8 Å². The Morgan fingerprint density at radius 3 is 2.32 bits per heavy atom. The molecule has 1 aromatic carbocycles. The lowest BCUT2D eigenvalue weighted by Crippen LogP contribution is -2.32. The van der Waals surface area contributed by atoms with Gasteiger partial charge in [0.2, 0.25) is 0 Å². The topological polar surface area (TPSA) is 54.4 Å². The van der Waals surface area contributed by atoms with Gasteiger partial charge in [0.25, 0.3) is 0 Å². The summed E-state index contributed by atoms with van der Waals surface area (Å²) in [6.45, 7) is 1.93. The van der Waals surface area contributed by atoms with E-state index in [1.54, 1.807) is 30.3 Å². The molecule has 0 heterocycles.